The van der Waals surface area contributed by atoms with Crippen molar-refractivity contribution in [2.24, 2.45) is 0 Å². The van der Waals surface area contributed by atoms with Gasteiger partial charge in [-0.15, -0.1) is 0 Å². The van der Waals surface area contributed by atoms with Gasteiger partial charge >= 0.3 is 5.97 Å². The van der Waals surface area contributed by atoms with E-state index in [-0.39, 0.29) is 18.1 Å². The molecular formula is C13H17NO4. The molecule has 0 spiro atoms. The molecule has 0 unspecified atom stereocenters. The molecular weight excluding hydrogens is 234 g/mol. The minimum absolute atomic E-state index is 0.0830. The summed E-state index contributed by atoms with van der Waals surface area (Å²) in [5.41, 5.74) is 1.53. The Bertz CT molecular complexity index is 443. The maximum atomic E-state index is 11.5. The summed E-state index contributed by atoms with van der Waals surface area (Å²) in [5, 5.41) is 20.1. The molecule has 0 saturated carbocycles. The van der Waals surface area contributed by atoms with E-state index in [1.165, 1.54) is 12.1 Å². The number of unbranched alkanes of at least 4 members (excludes halogenated alkanes) is 1. The van der Waals surface area contributed by atoms with Gasteiger partial charge in [-0.25, -0.2) is 4.79 Å². The number of amides is 1. The number of carboxylic acid groups (broad SMARTS) is 1. The number of aryl methyl sites for hydroxylation is 1. The van der Waals surface area contributed by atoms with Crippen molar-refractivity contribution >= 4 is 17.6 Å². The summed E-state index contributed by atoms with van der Waals surface area (Å²) < 4.78 is 0. The lowest BCUT2D eigenvalue weighted by Crippen LogP contribution is -2.12. The van der Waals surface area contributed by atoms with Crippen LogP contribution in [-0.4, -0.2) is 28.7 Å². The first kappa shape index (κ1) is 14.2. The van der Waals surface area contributed by atoms with Crippen LogP contribution in [-0.2, 0) is 4.79 Å². The molecule has 0 radical (unpaired) electrons. The van der Waals surface area contributed by atoms with Crippen molar-refractivity contribution in [3.8, 4) is 0 Å². The highest BCUT2D eigenvalue weighted by Gasteiger charge is 2.08. The van der Waals surface area contributed by atoms with Gasteiger partial charge in [0.05, 0.1) is 5.56 Å². The van der Waals surface area contributed by atoms with Gasteiger partial charge in [-0.2, -0.15) is 0 Å². The number of nitrogens with one attached hydrogen (secondary N) is 1. The Kier molecular flexibility index (Phi) is 5.32. The van der Waals surface area contributed by atoms with E-state index >= 15 is 0 Å². The van der Waals surface area contributed by atoms with Crippen LogP contribution in [0.15, 0.2) is 18.2 Å². The van der Waals surface area contributed by atoms with E-state index in [4.69, 9.17) is 10.2 Å². The second-order valence-corrected chi connectivity index (χ2v) is 4.06. The summed E-state index contributed by atoms with van der Waals surface area (Å²) in [7, 11) is 0. The molecule has 18 heavy (non-hydrogen) atoms. The zero-order valence-corrected chi connectivity index (χ0v) is 10.3. The van der Waals surface area contributed by atoms with Crippen LogP contribution in [0.1, 0.15) is 35.2 Å². The molecule has 0 atom stereocenters. The molecule has 0 aliphatic rings. The van der Waals surface area contributed by atoms with Gasteiger partial charge in [0.2, 0.25) is 5.91 Å². The van der Waals surface area contributed by atoms with E-state index in [2.05, 4.69) is 5.32 Å². The molecule has 3 N–H and O–H groups in total. The third-order valence-electron chi connectivity index (χ3n) is 2.56. The molecule has 5 nitrogen and oxygen atoms in total. The zero-order valence-electron chi connectivity index (χ0n) is 10.3. The fourth-order valence-corrected chi connectivity index (χ4v) is 1.55. The summed E-state index contributed by atoms with van der Waals surface area (Å²) in [5.74, 6) is -1.12. The molecule has 0 heterocycles. The van der Waals surface area contributed by atoms with Crippen LogP contribution in [0.25, 0.3) is 0 Å². The van der Waals surface area contributed by atoms with E-state index in [1.807, 2.05) is 0 Å². The number of hydrogen-bond acceptors (Lipinski definition) is 3. The highest BCUT2D eigenvalue weighted by molar-refractivity contribution is 5.93. The second kappa shape index (κ2) is 6.76. The lowest BCUT2D eigenvalue weighted by atomic mass is 10.1. The van der Waals surface area contributed by atoms with Crippen molar-refractivity contribution < 1.29 is 19.8 Å². The summed E-state index contributed by atoms with van der Waals surface area (Å²) in [6.45, 7) is 1.83. The van der Waals surface area contributed by atoms with Crippen LogP contribution >= 0.6 is 0 Å². The fourth-order valence-electron chi connectivity index (χ4n) is 1.55. The number of carbonyl (C=O) groups is 2. The van der Waals surface area contributed by atoms with Crippen molar-refractivity contribution in [1.29, 1.82) is 0 Å². The molecule has 0 bridgehead atoms. The average molecular weight is 251 g/mol. The molecule has 0 saturated heterocycles. The summed E-state index contributed by atoms with van der Waals surface area (Å²) in [4.78, 5) is 22.3. The van der Waals surface area contributed by atoms with Crippen LogP contribution < -0.4 is 5.32 Å². The van der Waals surface area contributed by atoms with Crippen molar-refractivity contribution in [3.63, 3.8) is 0 Å². The van der Waals surface area contributed by atoms with Gasteiger partial charge in [0.1, 0.15) is 0 Å². The Hall–Kier alpha value is -1.88. The van der Waals surface area contributed by atoms with Crippen LogP contribution in [0.2, 0.25) is 0 Å². The third-order valence-corrected chi connectivity index (χ3v) is 2.56. The molecule has 1 aromatic carbocycles. The van der Waals surface area contributed by atoms with E-state index < -0.39 is 5.97 Å². The Morgan fingerprint density at radius 1 is 1.28 bits per heavy atom. The molecule has 0 aliphatic heterocycles. The Morgan fingerprint density at radius 3 is 2.56 bits per heavy atom. The minimum Gasteiger partial charge on any atom is -0.478 e. The van der Waals surface area contributed by atoms with Gasteiger partial charge in [-0.05, 0) is 43.5 Å². The van der Waals surface area contributed by atoms with Crippen LogP contribution in [0, 0.1) is 6.92 Å². The molecule has 1 amide bonds. The lowest BCUT2D eigenvalue weighted by Gasteiger charge is -2.08. The normalized spacial score (nSPS) is 10.1. The predicted octanol–water partition coefficient (Wildman–Crippen LogP) is 1.79. The number of benzene rings is 1. The van der Waals surface area contributed by atoms with Gasteiger partial charge < -0.3 is 15.5 Å². The first-order valence-electron chi connectivity index (χ1n) is 5.79. The van der Waals surface area contributed by atoms with Crippen molar-refractivity contribution in [3.05, 3.63) is 29.3 Å². The van der Waals surface area contributed by atoms with Gasteiger partial charge in [0.25, 0.3) is 0 Å². The highest BCUT2D eigenvalue weighted by atomic mass is 16.4. The van der Waals surface area contributed by atoms with Gasteiger partial charge in [-0.1, -0.05) is 0 Å². The van der Waals surface area contributed by atoms with Crippen LogP contribution in [0.3, 0.4) is 0 Å². The largest absolute Gasteiger partial charge is 0.478 e. The number of carboxylic acids is 1. The SMILES string of the molecule is Cc1cc(C(=O)O)ccc1NC(=O)CCCCO. The highest BCUT2D eigenvalue weighted by Crippen LogP contribution is 2.17. The maximum Gasteiger partial charge on any atom is 0.335 e. The van der Waals surface area contributed by atoms with Crippen LogP contribution in [0.4, 0.5) is 5.69 Å². The third kappa shape index (κ3) is 4.18. The quantitative estimate of drug-likeness (QED) is 0.673. The fraction of sp³-hybridized carbons (Fsp3) is 0.385. The van der Waals surface area contributed by atoms with Gasteiger partial charge in [0.15, 0.2) is 0 Å². The molecule has 1 rings (SSSR count). The lowest BCUT2D eigenvalue weighted by molar-refractivity contribution is -0.116. The smallest absolute Gasteiger partial charge is 0.335 e. The number of aromatic carboxylic acids is 1. The molecule has 1 aromatic rings. The van der Waals surface area contributed by atoms with Crippen molar-refractivity contribution in [1.82, 2.24) is 0 Å². The van der Waals surface area contributed by atoms with Gasteiger partial charge in [0, 0.05) is 18.7 Å². The average Bonchev–Trinajstić information content (AvgIpc) is 2.32. The van der Waals surface area contributed by atoms with E-state index in [0.717, 1.165) is 0 Å². The standard InChI is InChI=1S/C13H17NO4/c1-9-8-10(13(17)18)5-6-11(9)14-12(16)4-2-3-7-15/h5-6,8,15H,2-4,7H2,1H3,(H,14,16)(H,17,18). The topological polar surface area (TPSA) is 86.6 Å². The summed E-state index contributed by atoms with van der Waals surface area (Å²) >= 11 is 0. The minimum atomic E-state index is -0.987. The zero-order chi connectivity index (χ0) is 13.5. The molecule has 0 aliphatic carbocycles. The predicted molar refractivity (Wildman–Crippen MR) is 67.7 cm³/mol. The molecule has 98 valence electrons. The molecule has 0 fully saturated rings. The number of aliphatic hydroxyl groups is 1. The first-order valence-corrected chi connectivity index (χ1v) is 5.79. The number of rotatable bonds is 6. The molecule has 0 aromatic heterocycles. The summed E-state index contributed by atoms with van der Waals surface area (Å²) in [6.07, 6.45) is 1.58. The van der Waals surface area contributed by atoms with Crippen LogP contribution in [0.5, 0.6) is 0 Å². The Balaban J connectivity index is 2.62. The van der Waals surface area contributed by atoms with Crippen molar-refractivity contribution in [2.75, 3.05) is 11.9 Å². The maximum absolute atomic E-state index is 11.5. The van der Waals surface area contributed by atoms with E-state index in [9.17, 15) is 9.59 Å². The van der Waals surface area contributed by atoms with E-state index in [1.54, 1.807) is 13.0 Å². The van der Waals surface area contributed by atoms with Gasteiger partial charge in [-0.3, -0.25) is 4.79 Å². The summed E-state index contributed by atoms with van der Waals surface area (Å²) in [6, 6.07) is 4.56. The monoisotopic (exact) mass is 251 g/mol. The number of hydrogen-bond donors (Lipinski definition) is 3. The van der Waals surface area contributed by atoms with Crippen molar-refractivity contribution in [2.45, 2.75) is 26.2 Å². The second-order valence-electron chi connectivity index (χ2n) is 4.06. The number of carbonyl (C=O) groups excluding carboxylic acids is 1. The number of anilines is 1. The Morgan fingerprint density at radius 2 is 2.00 bits per heavy atom. The van der Waals surface area contributed by atoms with E-state index in [0.29, 0.717) is 30.5 Å². The molecule has 5 heteroatoms. The Labute approximate surface area is 105 Å². The number of aliphatic hydroxyl groups excluding tert-OH is 1. The first-order chi connectivity index (χ1) is 8.54.